The van der Waals surface area contributed by atoms with E-state index in [1.807, 2.05) is 11.0 Å². The highest BCUT2D eigenvalue weighted by Gasteiger charge is 2.26. The molecule has 2 aromatic heterocycles. The second kappa shape index (κ2) is 8.24. The first-order chi connectivity index (χ1) is 13.6. The molecule has 4 rings (SSSR count). The van der Waals surface area contributed by atoms with Crippen LogP contribution in [0.15, 0.2) is 24.5 Å². The van der Waals surface area contributed by atoms with Crippen molar-refractivity contribution in [2.45, 2.75) is 19.9 Å². The van der Waals surface area contributed by atoms with E-state index < -0.39 is 0 Å². The minimum Gasteiger partial charge on any atom is -0.416 e. The monoisotopic (exact) mass is 401 g/mol. The molecule has 2 aliphatic rings. The Labute approximate surface area is 167 Å². The van der Waals surface area contributed by atoms with Gasteiger partial charge in [-0.3, -0.25) is 14.5 Å². The summed E-state index contributed by atoms with van der Waals surface area (Å²) in [6.07, 6.45) is 4.36. The minimum atomic E-state index is -0.300. The number of aromatic nitrogens is 2. The first kappa shape index (κ1) is 18.8. The molecule has 0 radical (unpaired) electrons. The minimum absolute atomic E-state index is 0.160. The number of carbonyl (C=O) groups excluding carboxylic acids is 2. The number of thiophene rings is 1. The smallest absolute Gasteiger partial charge is 0.308 e. The van der Waals surface area contributed by atoms with Crippen molar-refractivity contribution in [1.82, 2.24) is 19.8 Å². The fourth-order valence-corrected chi connectivity index (χ4v) is 4.64. The molecule has 0 bridgehead atoms. The summed E-state index contributed by atoms with van der Waals surface area (Å²) in [6, 6.07) is 3.73. The van der Waals surface area contributed by atoms with Crippen LogP contribution in [0.25, 0.3) is 0 Å². The second-order valence-electron chi connectivity index (χ2n) is 6.98. The van der Waals surface area contributed by atoms with Crippen molar-refractivity contribution in [2.24, 2.45) is 0 Å². The number of carbonyl (C=O) groups is 2. The van der Waals surface area contributed by atoms with Crippen LogP contribution in [0.1, 0.15) is 17.4 Å². The zero-order valence-corrected chi connectivity index (χ0v) is 16.7. The lowest BCUT2D eigenvalue weighted by molar-refractivity contribution is -0.133. The molecule has 1 saturated heterocycles. The van der Waals surface area contributed by atoms with E-state index >= 15 is 0 Å². The van der Waals surface area contributed by atoms with Crippen molar-refractivity contribution < 1.29 is 14.3 Å². The average Bonchev–Trinajstić information content (AvgIpc) is 3.09. The van der Waals surface area contributed by atoms with Crippen molar-refractivity contribution in [1.29, 1.82) is 0 Å². The standard InChI is InChI=1S/C19H23N5O3S/c1-14(25)27-18-11-15-12-22(6-3-16(15)28-18)13-17(26)23-7-9-24(10-8-23)19-20-4-2-5-21-19/h2,4-5,11H,3,6-10,12-13H2,1H3. The van der Waals surface area contributed by atoms with Crippen LogP contribution in [0.3, 0.4) is 0 Å². The molecule has 9 heteroatoms. The number of hydrogen-bond donors (Lipinski definition) is 0. The van der Waals surface area contributed by atoms with Crippen LogP contribution in [0, 0.1) is 0 Å². The number of nitrogens with zero attached hydrogens (tertiary/aromatic N) is 5. The van der Waals surface area contributed by atoms with Gasteiger partial charge in [-0.2, -0.15) is 0 Å². The summed E-state index contributed by atoms with van der Waals surface area (Å²) in [7, 11) is 0. The van der Waals surface area contributed by atoms with Gasteiger partial charge in [-0.25, -0.2) is 9.97 Å². The molecule has 8 nitrogen and oxygen atoms in total. The molecule has 2 aromatic rings. The third-order valence-electron chi connectivity index (χ3n) is 4.99. The van der Waals surface area contributed by atoms with E-state index in [0.717, 1.165) is 44.1 Å². The Morgan fingerprint density at radius 1 is 1.14 bits per heavy atom. The van der Waals surface area contributed by atoms with Crippen molar-refractivity contribution in [3.63, 3.8) is 0 Å². The van der Waals surface area contributed by atoms with E-state index in [0.29, 0.717) is 24.7 Å². The molecule has 0 spiro atoms. The number of rotatable bonds is 4. The van der Waals surface area contributed by atoms with Crippen molar-refractivity contribution in [3.05, 3.63) is 35.0 Å². The predicted octanol–water partition coefficient (Wildman–Crippen LogP) is 1.17. The number of piperazine rings is 1. The average molecular weight is 401 g/mol. The topological polar surface area (TPSA) is 78.9 Å². The normalized spacial score (nSPS) is 17.3. The van der Waals surface area contributed by atoms with E-state index in [2.05, 4.69) is 19.8 Å². The maximum Gasteiger partial charge on any atom is 0.308 e. The van der Waals surface area contributed by atoms with E-state index in [1.54, 1.807) is 18.5 Å². The zero-order chi connectivity index (χ0) is 19.5. The van der Waals surface area contributed by atoms with Crippen LogP contribution >= 0.6 is 11.3 Å². The van der Waals surface area contributed by atoms with E-state index in [1.165, 1.54) is 23.1 Å². The van der Waals surface area contributed by atoms with Crippen LogP contribution in [-0.2, 0) is 22.6 Å². The van der Waals surface area contributed by atoms with Gasteiger partial charge in [0.1, 0.15) is 0 Å². The fourth-order valence-electron chi connectivity index (χ4n) is 3.59. The Bertz CT molecular complexity index is 849. The maximum absolute atomic E-state index is 12.7. The quantitative estimate of drug-likeness (QED) is 0.712. The molecule has 0 aliphatic carbocycles. The molecule has 148 valence electrons. The number of fused-ring (bicyclic) bond motifs is 1. The summed E-state index contributed by atoms with van der Waals surface area (Å²) < 4.78 is 5.20. The van der Waals surface area contributed by atoms with Gasteiger partial charge in [0.15, 0.2) is 5.06 Å². The molecule has 0 N–H and O–H groups in total. The van der Waals surface area contributed by atoms with Gasteiger partial charge in [0.2, 0.25) is 11.9 Å². The van der Waals surface area contributed by atoms with Crippen molar-refractivity contribution in [2.75, 3.05) is 44.2 Å². The lowest BCUT2D eigenvalue weighted by Gasteiger charge is -2.36. The van der Waals surface area contributed by atoms with Gasteiger partial charge in [0, 0.05) is 63.5 Å². The molecule has 0 atom stereocenters. The van der Waals surface area contributed by atoms with Gasteiger partial charge in [0.05, 0.1) is 6.54 Å². The van der Waals surface area contributed by atoms with Crippen LogP contribution in [0.5, 0.6) is 5.06 Å². The first-order valence-electron chi connectivity index (χ1n) is 9.40. The summed E-state index contributed by atoms with van der Waals surface area (Å²) in [6.45, 7) is 6.25. The molecule has 0 aromatic carbocycles. The third-order valence-corrected chi connectivity index (χ3v) is 6.11. The second-order valence-corrected chi connectivity index (χ2v) is 8.08. The molecule has 28 heavy (non-hydrogen) atoms. The Hall–Kier alpha value is -2.52. The summed E-state index contributed by atoms with van der Waals surface area (Å²) in [5.74, 6) is 0.581. The molecule has 2 aliphatic heterocycles. The summed E-state index contributed by atoms with van der Waals surface area (Å²) in [5.41, 5.74) is 1.16. The summed E-state index contributed by atoms with van der Waals surface area (Å²) in [4.78, 5) is 39.9. The zero-order valence-electron chi connectivity index (χ0n) is 15.8. The van der Waals surface area contributed by atoms with E-state index in [-0.39, 0.29) is 11.9 Å². The number of ether oxygens (including phenoxy) is 1. The summed E-state index contributed by atoms with van der Waals surface area (Å²) >= 11 is 1.53. The SMILES string of the molecule is CC(=O)Oc1cc2c(s1)CCN(CC(=O)N1CCN(c3ncccn3)CC1)C2. The largest absolute Gasteiger partial charge is 0.416 e. The van der Waals surface area contributed by atoms with Crippen LogP contribution < -0.4 is 9.64 Å². The molecule has 0 saturated carbocycles. The fraction of sp³-hybridized carbons (Fsp3) is 0.474. The number of anilines is 1. The van der Waals surface area contributed by atoms with Gasteiger partial charge < -0.3 is 14.5 Å². The Morgan fingerprint density at radius 2 is 1.89 bits per heavy atom. The van der Waals surface area contributed by atoms with Crippen LogP contribution in [-0.4, -0.2) is 70.9 Å². The third kappa shape index (κ3) is 4.31. The lowest BCUT2D eigenvalue weighted by atomic mass is 10.1. The molecule has 4 heterocycles. The Morgan fingerprint density at radius 3 is 2.61 bits per heavy atom. The predicted molar refractivity (Wildman–Crippen MR) is 105 cm³/mol. The Kier molecular flexibility index (Phi) is 5.54. The number of esters is 1. The van der Waals surface area contributed by atoms with Crippen molar-refractivity contribution in [3.8, 4) is 5.06 Å². The first-order valence-corrected chi connectivity index (χ1v) is 10.2. The van der Waals surface area contributed by atoms with E-state index in [4.69, 9.17) is 4.74 Å². The van der Waals surface area contributed by atoms with Gasteiger partial charge in [-0.15, -0.1) is 11.3 Å². The van der Waals surface area contributed by atoms with Crippen molar-refractivity contribution >= 4 is 29.2 Å². The van der Waals surface area contributed by atoms with Gasteiger partial charge >= 0.3 is 5.97 Å². The van der Waals surface area contributed by atoms with Gasteiger partial charge in [0.25, 0.3) is 0 Å². The highest BCUT2D eigenvalue weighted by Crippen LogP contribution is 2.33. The van der Waals surface area contributed by atoms with Gasteiger partial charge in [-0.1, -0.05) is 0 Å². The lowest BCUT2D eigenvalue weighted by Crippen LogP contribution is -2.52. The summed E-state index contributed by atoms with van der Waals surface area (Å²) in [5, 5.41) is 0.643. The van der Waals surface area contributed by atoms with Crippen LogP contribution in [0.4, 0.5) is 5.95 Å². The molecular formula is C19H23N5O3S. The van der Waals surface area contributed by atoms with E-state index in [9.17, 15) is 9.59 Å². The molecular weight excluding hydrogens is 378 g/mol. The molecule has 1 fully saturated rings. The van der Waals surface area contributed by atoms with Gasteiger partial charge in [-0.05, 0) is 24.1 Å². The highest BCUT2D eigenvalue weighted by molar-refractivity contribution is 7.14. The number of amides is 1. The molecule has 0 unspecified atom stereocenters. The number of hydrogen-bond acceptors (Lipinski definition) is 8. The molecule has 1 amide bonds. The van der Waals surface area contributed by atoms with Crippen LogP contribution in [0.2, 0.25) is 0 Å². The Balaban J connectivity index is 1.29. The maximum atomic E-state index is 12.7. The highest BCUT2D eigenvalue weighted by atomic mass is 32.1.